The maximum Gasteiger partial charge on any atom is 0.193 e. The van der Waals surface area contributed by atoms with E-state index in [0.29, 0.717) is 0 Å². The zero-order valence-corrected chi connectivity index (χ0v) is 19.3. The average molecular weight is 496 g/mol. The van der Waals surface area contributed by atoms with Crippen molar-refractivity contribution in [3.05, 3.63) is 52.8 Å². The van der Waals surface area contributed by atoms with Gasteiger partial charge in [-0.3, -0.25) is 9.98 Å². The number of benzene rings is 1. The van der Waals surface area contributed by atoms with Crippen LogP contribution in [0.5, 0.6) is 11.5 Å². The van der Waals surface area contributed by atoms with Crippen LogP contribution in [0, 0.1) is 6.92 Å². The molecule has 2 heterocycles. The smallest absolute Gasteiger partial charge is 0.193 e. The van der Waals surface area contributed by atoms with Gasteiger partial charge in [0.05, 0.1) is 14.2 Å². The molecule has 0 bridgehead atoms. The molecule has 0 spiro atoms. The van der Waals surface area contributed by atoms with Crippen molar-refractivity contribution in [3.63, 3.8) is 0 Å². The topological polar surface area (TPSA) is 59.0 Å². The van der Waals surface area contributed by atoms with Crippen LogP contribution in [0.2, 0.25) is 0 Å². The molecule has 1 aliphatic rings. The summed E-state index contributed by atoms with van der Waals surface area (Å²) in [5.41, 5.74) is 4.83. The van der Waals surface area contributed by atoms with Gasteiger partial charge >= 0.3 is 0 Å². The summed E-state index contributed by atoms with van der Waals surface area (Å²) < 4.78 is 10.9. The third-order valence-corrected chi connectivity index (χ3v) is 4.90. The Morgan fingerprint density at radius 3 is 2.50 bits per heavy atom. The number of hydrogen-bond donors (Lipinski definition) is 1. The lowest BCUT2D eigenvalue weighted by atomic mass is 9.99. The van der Waals surface area contributed by atoms with Crippen molar-refractivity contribution in [3.8, 4) is 11.5 Å². The molecule has 0 atom stereocenters. The van der Waals surface area contributed by atoms with E-state index in [1.54, 1.807) is 14.2 Å². The monoisotopic (exact) mass is 496 g/mol. The molecule has 0 saturated heterocycles. The molecular formula is C21H29IN4O2. The zero-order chi connectivity index (χ0) is 19.2. The van der Waals surface area contributed by atoms with Crippen molar-refractivity contribution in [2.45, 2.75) is 26.3 Å². The van der Waals surface area contributed by atoms with E-state index >= 15 is 0 Å². The highest BCUT2D eigenvalue weighted by atomic mass is 127. The lowest BCUT2D eigenvalue weighted by Gasteiger charge is -2.32. The minimum Gasteiger partial charge on any atom is -0.493 e. The number of nitrogens with zero attached hydrogens (tertiary/aromatic N) is 3. The molecule has 0 radical (unpaired) electrons. The van der Waals surface area contributed by atoms with Crippen LogP contribution in [0.15, 0.2) is 35.5 Å². The summed E-state index contributed by atoms with van der Waals surface area (Å²) >= 11 is 0. The second-order valence-corrected chi connectivity index (χ2v) is 6.68. The molecule has 0 amide bonds. The molecule has 152 valence electrons. The van der Waals surface area contributed by atoms with Crippen molar-refractivity contribution in [2.24, 2.45) is 4.99 Å². The molecule has 0 unspecified atom stereocenters. The van der Waals surface area contributed by atoms with E-state index in [4.69, 9.17) is 9.47 Å². The number of aryl methyl sites for hydroxylation is 1. The maximum absolute atomic E-state index is 5.45. The van der Waals surface area contributed by atoms with E-state index in [9.17, 15) is 0 Å². The molecule has 0 aliphatic carbocycles. The van der Waals surface area contributed by atoms with Gasteiger partial charge < -0.3 is 19.7 Å². The first kappa shape index (κ1) is 22.3. The number of hydrogen-bond acceptors (Lipinski definition) is 4. The molecule has 1 aliphatic heterocycles. The van der Waals surface area contributed by atoms with E-state index in [0.717, 1.165) is 55.6 Å². The largest absolute Gasteiger partial charge is 0.493 e. The summed E-state index contributed by atoms with van der Waals surface area (Å²) in [5, 5.41) is 3.48. The predicted molar refractivity (Wildman–Crippen MR) is 123 cm³/mol. The Morgan fingerprint density at radius 2 is 1.89 bits per heavy atom. The first-order valence-electron chi connectivity index (χ1n) is 9.25. The fourth-order valence-electron chi connectivity index (χ4n) is 3.36. The van der Waals surface area contributed by atoms with Gasteiger partial charge in [0, 0.05) is 38.6 Å². The summed E-state index contributed by atoms with van der Waals surface area (Å²) in [4.78, 5) is 11.1. The van der Waals surface area contributed by atoms with E-state index in [1.807, 2.05) is 26.2 Å². The molecule has 0 saturated carbocycles. The Balaban J connectivity index is 0.00000280. The quantitative estimate of drug-likeness (QED) is 0.392. The molecular weight excluding hydrogens is 467 g/mol. The number of fused-ring (bicyclic) bond motifs is 1. The van der Waals surface area contributed by atoms with Crippen molar-refractivity contribution in [1.29, 1.82) is 0 Å². The second kappa shape index (κ2) is 10.5. The van der Waals surface area contributed by atoms with Gasteiger partial charge in [-0.2, -0.15) is 0 Å². The normalized spacial score (nSPS) is 13.4. The summed E-state index contributed by atoms with van der Waals surface area (Å²) in [5.74, 6) is 2.49. The third-order valence-electron chi connectivity index (χ3n) is 4.90. The van der Waals surface area contributed by atoms with E-state index in [1.165, 1.54) is 16.7 Å². The van der Waals surface area contributed by atoms with Gasteiger partial charge in [0.25, 0.3) is 0 Å². The van der Waals surface area contributed by atoms with Gasteiger partial charge in [0.15, 0.2) is 17.5 Å². The number of aliphatic imine (C=N–C) groups is 1. The highest BCUT2D eigenvalue weighted by Crippen LogP contribution is 2.33. The van der Waals surface area contributed by atoms with Gasteiger partial charge in [-0.1, -0.05) is 6.07 Å². The Labute approximate surface area is 184 Å². The van der Waals surface area contributed by atoms with Crippen LogP contribution in [-0.2, 0) is 19.4 Å². The van der Waals surface area contributed by atoms with Crippen molar-refractivity contribution in [2.75, 3.05) is 34.4 Å². The van der Waals surface area contributed by atoms with Crippen LogP contribution in [0.4, 0.5) is 0 Å². The number of guanidine groups is 1. The molecule has 1 aromatic heterocycles. The maximum atomic E-state index is 5.45. The van der Waals surface area contributed by atoms with Crippen molar-refractivity contribution in [1.82, 2.24) is 15.2 Å². The SMILES string of the molecule is CN=C(NCCc1ccc(C)nc1)N1CCc2cc(OC)c(OC)cc2C1.I. The number of aromatic nitrogens is 1. The number of methoxy groups -OCH3 is 2. The Morgan fingerprint density at radius 1 is 1.18 bits per heavy atom. The number of ether oxygens (including phenoxy) is 2. The zero-order valence-electron chi connectivity index (χ0n) is 17.0. The summed E-state index contributed by atoms with van der Waals surface area (Å²) in [6, 6.07) is 8.34. The van der Waals surface area contributed by atoms with Gasteiger partial charge in [0.2, 0.25) is 0 Å². The van der Waals surface area contributed by atoms with Gasteiger partial charge in [0.1, 0.15) is 0 Å². The first-order chi connectivity index (χ1) is 13.1. The summed E-state index contributed by atoms with van der Waals surface area (Å²) in [6.07, 6.45) is 3.82. The van der Waals surface area contributed by atoms with Crippen molar-refractivity contribution >= 4 is 29.9 Å². The molecule has 3 rings (SSSR count). The van der Waals surface area contributed by atoms with Crippen LogP contribution in [-0.4, -0.2) is 50.2 Å². The number of nitrogens with one attached hydrogen (secondary N) is 1. The molecule has 6 nitrogen and oxygen atoms in total. The summed E-state index contributed by atoms with van der Waals surface area (Å²) in [6.45, 7) is 4.56. The lowest BCUT2D eigenvalue weighted by Crippen LogP contribution is -2.44. The van der Waals surface area contributed by atoms with Gasteiger partial charge in [-0.25, -0.2) is 0 Å². The molecule has 7 heteroatoms. The minimum atomic E-state index is 0. The third kappa shape index (κ3) is 5.27. The molecule has 0 fully saturated rings. The van der Waals surface area contributed by atoms with Crippen LogP contribution in [0.3, 0.4) is 0 Å². The van der Waals surface area contributed by atoms with Crippen LogP contribution >= 0.6 is 24.0 Å². The Kier molecular flexibility index (Phi) is 8.35. The van der Waals surface area contributed by atoms with Gasteiger partial charge in [-0.15, -0.1) is 24.0 Å². The summed E-state index contributed by atoms with van der Waals surface area (Å²) in [7, 11) is 5.18. The van der Waals surface area contributed by atoms with Crippen molar-refractivity contribution < 1.29 is 9.47 Å². The van der Waals surface area contributed by atoms with Gasteiger partial charge in [-0.05, 0) is 54.7 Å². The van der Waals surface area contributed by atoms with Crippen LogP contribution in [0.1, 0.15) is 22.4 Å². The standard InChI is InChI=1S/C21H28N4O2.HI/c1-15-5-6-16(13-24-15)7-9-23-21(22-2)25-10-8-17-11-19(26-3)20(27-4)12-18(17)14-25;/h5-6,11-13H,7-10,14H2,1-4H3,(H,22,23);1H. The number of pyridine rings is 1. The molecule has 1 aromatic carbocycles. The minimum absolute atomic E-state index is 0. The van der Waals surface area contributed by atoms with Crippen LogP contribution < -0.4 is 14.8 Å². The Bertz CT molecular complexity index is 809. The fraction of sp³-hybridized carbons (Fsp3) is 0.429. The predicted octanol–water partition coefficient (Wildman–Crippen LogP) is 3.20. The second-order valence-electron chi connectivity index (χ2n) is 6.68. The first-order valence-corrected chi connectivity index (χ1v) is 9.25. The van der Waals surface area contributed by atoms with E-state index in [2.05, 4.69) is 38.4 Å². The fourth-order valence-corrected chi connectivity index (χ4v) is 3.36. The molecule has 1 N–H and O–H groups in total. The molecule has 28 heavy (non-hydrogen) atoms. The average Bonchev–Trinajstić information content (AvgIpc) is 2.71. The molecule has 2 aromatic rings. The number of halogens is 1. The van der Waals surface area contributed by atoms with E-state index in [-0.39, 0.29) is 24.0 Å². The number of rotatable bonds is 5. The Hall–Kier alpha value is -2.03. The van der Waals surface area contributed by atoms with Crippen LogP contribution in [0.25, 0.3) is 0 Å². The van der Waals surface area contributed by atoms with E-state index < -0.39 is 0 Å². The highest BCUT2D eigenvalue weighted by molar-refractivity contribution is 14.0. The lowest BCUT2D eigenvalue weighted by molar-refractivity contribution is 0.346. The highest BCUT2D eigenvalue weighted by Gasteiger charge is 2.21.